The number of nitrogens with one attached hydrogen (secondary N) is 1. The molecule has 0 spiro atoms. The third kappa shape index (κ3) is 2.96. The van der Waals surface area contributed by atoms with Gasteiger partial charge in [0.1, 0.15) is 17.4 Å². The van der Waals surface area contributed by atoms with Crippen LogP contribution in [0.15, 0.2) is 66.0 Å². The minimum atomic E-state index is 0.144. The summed E-state index contributed by atoms with van der Waals surface area (Å²) in [7, 11) is 0. The number of benzene rings is 2. The van der Waals surface area contributed by atoms with Crippen molar-refractivity contribution in [2.75, 3.05) is 5.32 Å². The van der Waals surface area contributed by atoms with Gasteiger partial charge in [-0.25, -0.2) is 9.50 Å². The standard InChI is InChI=1S/C22H15N5OS/c23-12-18-20(24-13-16-7-4-10-29-16)17-8-1-2-9-19(17)27-22(18)25-21(26-27)14-5-3-6-15(28)11-14/h1-11,24,28H,13H2. The predicted molar refractivity (Wildman–Crippen MR) is 114 cm³/mol. The highest BCUT2D eigenvalue weighted by molar-refractivity contribution is 7.09. The quantitative estimate of drug-likeness (QED) is 0.455. The summed E-state index contributed by atoms with van der Waals surface area (Å²) in [6, 6.07) is 21.0. The van der Waals surface area contributed by atoms with Crippen LogP contribution in [0.3, 0.4) is 0 Å². The van der Waals surface area contributed by atoms with Gasteiger partial charge in [0.05, 0.1) is 11.2 Å². The first-order valence-corrected chi connectivity index (χ1v) is 9.90. The summed E-state index contributed by atoms with van der Waals surface area (Å²) >= 11 is 1.67. The van der Waals surface area contributed by atoms with Gasteiger partial charge in [-0.15, -0.1) is 16.4 Å². The molecule has 5 aromatic rings. The van der Waals surface area contributed by atoms with Crippen LogP contribution in [0.5, 0.6) is 5.75 Å². The molecular weight excluding hydrogens is 382 g/mol. The van der Waals surface area contributed by atoms with Gasteiger partial charge in [0.2, 0.25) is 0 Å². The fourth-order valence-electron chi connectivity index (χ4n) is 3.40. The molecule has 0 unspecified atom stereocenters. The molecule has 0 amide bonds. The van der Waals surface area contributed by atoms with E-state index in [2.05, 4.69) is 27.5 Å². The van der Waals surface area contributed by atoms with Crippen LogP contribution in [0.4, 0.5) is 5.69 Å². The molecular formula is C22H15N5OS. The molecule has 29 heavy (non-hydrogen) atoms. The SMILES string of the molecule is N#Cc1c(NCc2cccs2)c2ccccc2n2nc(-c3cccc(O)c3)nc12. The first-order chi connectivity index (χ1) is 14.2. The van der Waals surface area contributed by atoms with E-state index in [1.165, 1.54) is 4.88 Å². The Labute approximate surface area is 170 Å². The number of rotatable bonds is 4. The van der Waals surface area contributed by atoms with Crippen molar-refractivity contribution in [1.82, 2.24) is 14.6 Å². The van der Waals surface area contributed by atoms with E-state index in [1.807, 2.05) is 41.8 Å². The van der Waals surface area contributed by atoms with Gasteiger partial charge in [-0.3, -0.25) is 0 Å². The minimum Gasteiger partial charge on any atom is -0.508 e. The zero-order valence-electron chi connectivity index (χ0n) is 15.2. The van der Waals surface area contributed by atoms with E-state index in [1.54, 1.807) is 34.1 Å². The molecule has 7 heteroatoms. The number of anilines is 1. The van der Waals surface area contributed by atoms with E-state index < -0.39 is 0 Å². The van der Waals surface area contributed by atoms with E-state index in [-0.39, 0.29) is 5.75 Å². The smallest absolute Gasteiger partial charge is 0.182 e. The number of aromatic hydroxyl groups is 1. The molecule has 3 aromatic heterocycles. The molecule has 2 aromatic carbocycles. The number of nitrogens with zero attached hydrogens (tertiary/aromatic N) is 4. The molecule has 0 atom stereocenters. The van der Waals surface area contributed by atoms with Gasteiger partial charge in [-0.05, 0) is 29.6 Å². The Balaban J connectivity index is 1.74. The normalized spacial score (nSPS) is 11.0. The second-order valence-corrected chi connectivity index (χ2v) is 7.57. The lowest BCUT2D eigenvalue weighted by Crippen LogP contribution is -2.04. The third-order valence-electron chi connectivity index (χ3n) is 4.72. The third-order valence-corrected chi connectivity index (χ3v) is 5.59. The second kappa shape index (κ2) is 6.93. The molecule has 0 fully saturated rings. The predicted octanol–water partition coefficient (Wildman–Crippen LogP) is 4.80. The average Bonchev–Trinajstić information content (AvgIpc) is 3.42. The molecule has 0 radical (unpaired) electrons. The van der Waals surface area contributed by atoms with Crippen LogP contribution in [0.1, 0.15) is 10.4 Å². The summed E-state index contributed by atoms with van der Waals surface area (Å²) in [5.41, 5.74) is 3.22. The average molecular weight is 397 g/mol. The number of thiophene rings is 1. The second-order valence-electron chi connectivity index (χ2n) is 6.53. The van der Waals surface area contributed by atoms with Crippen LogP contribution >= 0.6 is 11.3 Å². The molecule has 0 aliphatic heterocycles. The Hall–Kier alpha value is -3.89. The Morgan fingerprint density at radius 3 is 2.79 bits per heavy atom. The molecule has 5 rings (SSSR count). The number of fused-ring (bicyclic) bond motifs is 3. The molecule has 6 nitrogen and oxygen atoms in total. The number of phenols is 1. The van der Waals surface area contributed by atoms with Crippen LogP contribution in [-0.2, 0) is 6.54 Å². The van der Waals surface area contributed by atoms with Gasteiger partial charge in [-0.2, -0.15) is 5.26 Å². The molecule has 0 saturated carbocycles. The van der Waals surface area contributed by atoms with E-state index in [0.29, 0.717) is 29.1 Å². The summed E-state index contributed by atoms with van der Waals surface area (Å²) in [6.07, 6.45) is 0. The van der Waals surface area contributed by atoms with Crippen LogP contribution in [0.2, 0.25) is 0 Å². The minimum absolute atomic E-state index is 0.144. The summed E-state index contributed by atoms with van der Waals surface area (Å²) < 4.78 is 1.70. The fraction of sp³-hybridized carbons (Fsp3) is 0.0455. The summed E-state index contributed by atoms with van der Waals surface area (Å²) in [5.74, 6) is 0.600. The number of phenolic OH excluding ortho intramolecular Hbond substituents is 1. The molecule has 3 heterocycles. The van der Waals surface area contributed by atoms with Crippen molar-refractivity contribution in [1.29, 1.82) is 5.26 Å². The number of nitriles is 1. The lowest BCUT2D eigenvalue weighted by atomic mass is 10.1. The summed E-state index contributed by atoms with van der Waals surface area (Å²) in [5, 5.41) is 30.7. The van der Waals surface area contributed by atoms with Crippen molar-refractivity contribution < 1.29 is 5.11 Å². The number of hydrogen-bond donors (Lipinski definition) is 2. The van der Waals surface area contributed by atoms with Gasteiger partial charge in [-0.1, -0.05) is 36.4 Å². The molecule has 140 valence electrons. The first kappa shape index (κ1) is 17.2. The highest BCUT2D eigenvalue weighted by Gasteiger charge is 2.19. The monoisotopic (exact) mass is 397 g/mol. The van der Waals surface area contributed by atoms with Crippen molar-refractivity contribution in [3.05, 3.63) is 76.5 Å². The molecule has 0 aliphatic rings. The summed E-state index contributed by atoms with van der Waals surface area (Å²) in [4.78, 5) is 5.81. The maximum atomic E-state index is 9.95. The Bertz CT molecular complexity index is 1380. The van der Waals surface area contributed by atoms with E-state index in [4.69, 9.17) is 0 Å². The molecule has 0 bridgehead atoms. The van der Waals surface area contributed by atoms with Crippen LogP contribution in [0.25, 0.3) is 27.9 Å². The van der Waals surface area contributed by atoms with Crippen LogP contribution < -0.4 is 5.32 Å². The fourth-order valence-corrected chi connectivity index (χ4v) is 4.05. The van der Waals surface area contributed by atoms with Gasteiger partial charge in [0, 0.05) is 22.4 Å². The highest BCUT2D eigenvalue weighted by atomic mass is 32.1. The van der Waals surface area contributed by atoms with Gasteiger partial charge < -0.3 is 10.4 Å². The van der Waals surface area contributed by atoms with E-state index in [0.717, 1.165) is 16.6 Å². The Morgan fingerprint density at radius 1 is 1.10 bits per heavy atom. The largest absolute Gasteiger partial charge is 0.508 e. The maximum absolute atomic E-state index is 9.95. The number of pyridine rings is 1. The molecule has 0 aliphatic carbocycles. The van der Waals surface area contributed by atoms with Gasteiger partial charge in [0.25, 0.3) is 0 Å². The Kier molecular flexibility index (Phi) is 4.12. The van der Waals surface area contributed by atoms with Crippen molar-refractivity contribution in [3.8, 4) is 23.2 Å². The molecule has 2 N–H and O–H groups in total. The van der Waals surface area contributed by atoms with Crippen molar-refractivity contribution in [2.45, 2.75) is 6.54 Å². The van der Waals surface area contributed by atoms with Gasteiger partial charge in [0.15, 0.2) is 11.5 Å². The van der Waals surface area contributed by atoms with Crippen molar-refractivity contribution in [2.24, 2.45) is 0 Å². The summed E-state index contributed by atoms with van der Waals surface area (Å²) in [6.45, 7) is 0.625. The zero-order valence-corrected chi connectivity index (χ0v) is 16.0. The van der Waals surface area contributed by atoms with Crippen LogP contribution in [0, 0.1) is 11.3 Å². The Morgan fingerprint density at radius 2 is 2.00 bits per heavy atom. The van der Waals surface area contributed by atoms with Crippen molar-refractivity contribution in [3.63, 3.8) is 0 Å². The van der Waals surface area contributed by atoms with Crippen LogP contribution in [-0.4, -0.2) is 19.7 Å². The van der Waals surface area contributed by atoms with Crippen molar-refractivity contribution >= 4 is 33.6 Å². The topological polar surface area (TPSA) is 86.2 Å². The number of para-hydroxylation sites is 1. The van der Waals surface area contributed by atoms with E-state index >= 15 is 0 Å². The first-order valence-electron chi connectivity index (χ1n) is 9.02. The highest BCUT2D eigenvalue weighted by Crippen LogP contribution is 2.32. The maximum Gasteiger partial charge on any atom is 0.182 e. The zero-order chi connectivity index (χ0) is 19.8. The number of hydrogen-bond acceptors (Lipinski definition) is 6. The lowest BCUT2D eigenvalue weighted by Gasteiger charge is -2.12. The number of aromatic nitrogens is 3. The lowest BCUT2D eigenvalue weighted by molar-refractivity contribution is 0.475. The van der Waals surface area contributed by atoms with E-state index in [9.17, 15) is 10.4 Å². The molecule has 0 saturated heterocycles. The van der Waals surface area contributed by atoms with Gasteiger partial charge >= 0.3 is 0 Å².